The van der Waals surface area contributed by atoms with Crippen LogP contribution in [0.15, 0.2) is 71.8 Å². The lowest BCUT2D eigenvalue weighted by molar-refractivity contribution is -0.115. The lowest BCUT2D eigenvalue weighted by Gasteiger charge is -2.21. The van der Waals surface area contributed by atoms with Gasteiger partial charge in [-0.15, -0.1) is 0 Å². The van der Waals surface area contributed by atoms with Crippen molar-refractivity contribution in [1.82, 2.24) is 9.78 Å². The van der Waals surface area contributed by atoms with E-state index in [1.165, 1.54) is 48.1 Å². The summed E-state index contributed by atoms with van der Waals surface area (Å²) in [5, 5.41) is 4.15. The van der Waals surface area contributed by atoms with Crippen molar-refractivity contribution >= 4 is 27.4 Å². The zero-order valence-electron chi connectivity index (χ0n) is 13.4. The topological polar surface area (TPSA) is 98.3 Å². The van der Waals surface area contributed by atoms with Gasteiger partial charge in [0.2, 0.25) is 5.91 Å². The monoisotopic (exact) mass is 356 g/mol. The second-order valence-electron chi connectivity index (χ2n) is 5.29. The number of rotatable bonds is 4. The largest absolute Gasteiger partial charge is 0.399 e. The molecule has 0 aliphatic rings. The Balaban J connectivity index is 2.14. The molecule has 8 heteroatoms. The number of carbonyl (C=O) groups is 1. The first kappa shape index (κ1) is 16.7. The number of carbonyl (C=O) groups excluding carboxylic acids is 1. The summed E-state index contributed by atoms with van der Waals surface area (Å²) >= 11 is 0. The molecule has 0 radical (unpaired) electrons. The fourth-order valence-electron chi connectivity index (χ4n) is 2.42. The Morgan fingerprint density at radius 2 is 1.68 bits per heavy atom. The van der Waals surface area contributed by atoms with E-state index in [0.717, 1.165) is 4.31 Å². The highest BCUT2D eigenvalue weighted by molar-refractivity contribution is 7.93. The Kier molecular flexibility index (Phi) is 4.28. The highest BCUT2D eigenvalue weighted by atomic mass is 32.2. The van der Waals surface area contributed by atoms with Gasteiger partial charge in [0.05, 0.1) is 16.8 Å². The Labute approximate surface area is 145 Å². The van der Waals surface area contributed by atoms with Gasteiger partial charge in [0.25, 0.3) is 10.0 Å². The summed E-state index contributed by atoms with van der Waals surface area (Å²) in [5.41, 5.74) is 6.68. The molecule has 0 fully saturated rings. The minimum Gasteiger partial charge on any atom is -0.399 e. The van der Waals surface area contributed by atoms with E-state index in [4.69, 9.17) is 5.73 Å². The Bertz CT molecular complexity index is 996. The minimum atomic E-state index is -4.10. The number of hydrogen-bond acceptors (Lipinski definition) is 5. The molecular formula is C17H16N4O3S. The molecule has 0 bridgehead atoms. The van der Waals surface area contributed by atoms with E-state index in [9.17, 15) is 13.2 Å². The molecule has 3 rings (SSSR count). The van der Waals surface area contributed by atoms with Crippen LogP contribution in [-0.2, 0) is 14.8 Å². The van der Waals surface area contributed by atoms with Crippen LogP contribution in [-0.4, -0.2) is 24.1 Å². The Hall–Kier alpha value is -3.13. The van der Waals surface area contributed by atoms with Crippen molar-refractivity contribution in [2.45, 2.75) is 11.8 Å². The SMILES string of the molecule is CC(=O)N(c1ccnn1-c1ccccc1)S(=O)(=O)c1ccc(N)cc1. The predicted molar refractivity (Wildman–Crippen MR) is 94.8 cm³/mol. The molecule has 0 unspecified atom stereocenters. The van der Waals surface area contributed by atoms with Gasteiger partial charge in [-0.1, -0.05) is 18.2 Å². The van der Waals surface area contributed by atoms with Crippen molar-refractivity contribution in [3.05, 3.63) is 66.9 Å². The molecule has 1 heterocycles. The van der Waals surface area contributed by atoms with Crippen molar-refractivity contribution in [3.63, 3.8) is 0 Å². The number of sulfonamides is 1. The van der Waals surface area contributed by atoms with Crippen molar-refractivity contribution < 1.29 is 13.2 Å². The normalized spacial score (nSPS) is 11.2. The lowest BCUT2D eigenvalue weighted by atomic mass is 10.3. The molecule has 2 N–H and O–H groups in total. The van der Waals surface area contributed by atoms with Crippen LogP contribution in [0, 0.1) is 0 Å². The number of amides is 1. The third-order valence-electron chi connectivity index (χ3n) is 3.54. The fourth-order valence-corrected chi connectivity index (χ4v) is 3.83. The molecule has 0 saturated heterocycles. The van der Waals surface area contributed by atoms with Crippen LogP contribution >= 0.6 is 0 Å². The first-order valence-corrected chi connectivity index (χ1v) is 8.86. The first-order chi connectivity index (χ1) is 11.9. The standard InChI is InChI=1S/C17H16N4O3S/c1-13(22)21(25(23,24)16-9-7-14(18)8-10-16)17-11-12-19-20(17)15-5-3-2-4-6-15/h2-12H,18H2,1H3. The van der Waals surface area contributed by atoms with Crippen LogP contribution in [0.1, 0.15) is 6.92 Å². The van der Waals surface area contributed by atoms with Crippen molar-refractivity contribution in [2.75, 3.05) is 10.0 Å². The van der Waals surface area contributed by atoms with Crippen LogP contribution in [0.2, 0.25) is 0 Å². The lowest BCUT2D eigenvalue weighted by Crippen LogP contribution is -2.36. The number of hydrogen-bond donors (Lipinski definition) is 1. The third kappa shape index (κ3) is 3.11. The molecule has 0 saturated carbocycles. The van der Waals surface area contributed by atoms with Gasteiger partial charge in [0.15, 0.2) is 5.82 Å². The highest BCUT2D eigenvalue weighted by Crippen LogP contribution is 2.26. The van der Waals surface area contributed by atoms with E-state index < -0.39 is 15.9 Å². The summed E-state index contributed by atoms with van der Waals surface area (Å²) in [7, 11) is -4.10. The van der Waals surface area contributed by atoms with Crippen LogP contribution in [0.3, 0.4) is 0 Å². The number of nitrogens with zero attached hydrogens (tertiary/aromatic N) is 3. The van der Waals surface area contributed by atoms with Gasteiger partial charge in [-0.05, 0) is 36.4 Å². The van der Waals surface area contributed by atoms with Crippen LogP contribution in [0.4, 0.5) is 11.5 Å². The van der Waals surface area contributed by atoms with E-state index in [0.29, 0.717) is 11.4 Å². The van der Waals surface area contributed by atoms with Crippen molar-refractivity contribution in [2.24, 2.45) is 0 Å². The second kappa shape index (κ2) is 6.40. The summed E-state index contributed by atoms with van der Waals surface area (Å²) in [6.07, 6.45) is 1.44. The van der Waals surface area contributed by atoms with E-state index in [1.807, 2.05) is 6.07 Å². The van der Waals surface area contributed by atoms with Gasteiger partial charge in [0, 0.05) is 18.7 Å². The second-order valence-corrected chi connectivity index (χ2v) is 7.08. The smallest absolute Gasteiger partial charge is 0.272 e. The zero-order chi connectivity index (χ0) is 18.0. The van der Waals surface area contributed by atoms with E-state index in [2.05, 4.69) is 5.10 Å². The number of nitrogen functional groups attached to an aromatic ring is 1. The number of anilines is 2. The van der Waals surface area contributed by atoms with Gasteiger partial charge < -0.3 is 5.73 Å². The maximum atomic E-state index is 13.0. The van der Waals surface area contributed by atoms with Crippen molar-refractivity contribution in [1.29, 1.82) is 0 Å². The first-order valence-electron chi connectivity index (χ1n) is 7.42. The van der Waals surface area contributed by atoms with E-state index in [1.54, 1.807) is 24.3 Å². The summed E-state index contributed by atoms with van der Waals surface area (Å²) in [4.78, 5) is 12.2. The molecule has 1 amide bonds. The Morgan fingerprint density at radius 3 is 2.28 bits per heavy atom. The van der Waals surface area contributed by atoms with Crippen LogP contribution in [0.5, 0.6) is 0 Å². The zero-order valence-corrected chi connectivity index (χ0v) is 14.2. The summed E-state index contributed by atoms with van der Waals surface area (Å²) in [6.45, 7) is 1.19. The summed E-state index contributed by atoms with van der Waals surface area (Å²) < 4.78 is 28.1. The van der Waals surface area contributed by atoms with Gasteiger partial charge in [-0.2, -0.15) is 9.40 Å². The molecule has 25 heavy (non-hydrogen) atoms. The fraction of sp³-hybridized carbons (Fsp3) is 0.0588. The molecule has 3 aromatic rings. The molecular weight excluding hydrogens is 340 g/mol. The van der Waals surface area contributed by atoms with Gasteiger partial charge in [-0.25, -0.2) is 13.1 Å². The quantitative estimate of drug-likeness (QED) is 0.723. The average Bonchev–Trinajstić information content (AvgIpc) is 3.04. The molecule has 2 aromatic carbocycles. The number of para-hydroxylation sites is 1. The molecule has 7 nitrogen and oxygen atoms in total. The number of nitrogens with two attached hydrogens (primary N) is 1. The number of aromatic nitrogens is 2. The predicted octanol–water partition coefficient (Wildman–Crippen LogP) is 2.20. The third-order valence-corrected chi connectivity index (χ3v) is 5.33. The van der Waals surface area contributed by atoms with Gasteiger partial charge in [-0.3, -0.25) is 4.79 Å². The van der Waals surface area contributed by atoms with Gasteiger partial charge >= 0.3 is 0 Å². The maximum absolute atomic E-state index is 13.0. The molecule has 0 aliphatic heterocycles. The summed E-state index contributed by atoms with van der Waals surface area (Å²) in [5.74, 6) is -0.509. The Morgan fingerprint density at radius 1 is 1.04 bits per heavy atom. The average molecular weight is 356 g/mol. The van der Waals surface area contributed by atoms with E-state index >= 15 is 0 Å². The maximum Gasteiger partial charge on any atom is 0.272 e. The van der Waals surface area contributed by atoms with Gasteiger partial charge in [0.1, 0.15) is 0 Å². The highest BCUT2D eigenvalue weighted by Gasteiger charge is 2.31. The number of benzene rings is 2. The molecule has 1 aromatic heterocycles. The molecule has 128 valence electrons. The van der Waals surface area contributed by atoms with Crippen LogP contribution in [0.25, 0.3) is 5.69 Å². The van der Waals surface area contributed by atoms with Crippen LogP contribution < -0.4 is 10.0 Å². The minimum absolute atomic E-state index is 0.0299. The molecule has 0 spiro atoms. The molecule has 0 aliphatic carbocycles. The van der Waals surface area contributed by atoms with Crippen molar-refractivity contribution in [3.8, 4) is 5.69 Å². The summed E-state index contributed by atoms with van der Waals surface area (Å²) in [6, 6.07) is 16.1. The van der Waals surface area contributed by atoms with E-state index in [-0.39, 0.29) is 10.7 Å². The molecule has 0 atom stereocenters.